The Bertz CT molecular complexity index is 1290. The first-order valence-electron chi connectivity index (χ1n) is 10.1. The second-order valence-corrected chi connectivity index (χ2v) is 7.62. The normalized spacial score (nSPS) is 10.8. The molecule has 31 heavy (non-hydrogen) atoms. The summed E-state index contributed by atoms with van der Waals surface area (Å²) in [5.41, 5.74) is 4.51. The molecule has 5 heteroatoms. The number of carbonyl (C=O) groups is 1. The average molecular weight is 412 g/mol. The highest BCUT2D eigenvalue weighted by atomic mass is 16.5. The fraction of sp³-hybridized carbons (Fsp3) is 0.154. The van der Waals surface area contributed by atoms with E-state index in [-0.39, 0.29) is 18.0 Å². The van der Waals surface area contributed by atoms with Crippen molar-refractivity contribution in [2.24, 2.45) is 0 Å². The van der Waals surface area contributed by atoms with Gasteiger partial charge in [-0.05, 0) is 67.3 Å². The number of ether oxygens (including phenoxy) is 1. The van der Waals surface area contributed by atoms with Crippen LogP contribution in [0.2, 0.25) is 0 Å². The summed E-state index contributed by atoms with van der Waals surface area (Å²) in [6.45, 7) is 4.12. The number of anilines is 1. The first-order chi connectivity index (χ1) is 15.0. The lowest BCUT2D eigenvalue weighted by Crippen LogP contribution is -2.32. The van der Waals surface area contributed by atoms with Gasteiger partial charge in [0.2, 0.25) is 0 Å². The number of carbonyl (C=O) groups excluding carboxylic acids is 1. The third-order valence-corrected chi connectivity index (χ3v) is 5.42. The first-order valence-corrected chi connectivity index (χ1v) is 10.1. The van der Waals surface area contributed by atoms with Gasteiger partial charge in [-0.3, -0.25) is 9.59 Å². The van der Waals surface area contributed by atoms with Gasteiger partial charge in [0.15, 0.2) is 0 Å². The molecule has 1 heterocycles. The maximum atomic E-state index is 13.4. The summed E-state index contributed by atoms with van der Waals surface area (Å²) in [6, 6.07) is 22.4. The van der Waals surface area contributed by atoms with Crippen LogP contribution in [0.5, 0.6) is 5.75 Å². The SMILES string of the molecule is COc1ccc(C(=O)N(Cc2cc3cccc(C)c3[nH]c2=O)c2ccc(C)cc2)cc1. The number of pyridine rings is 1. The third-order valence-electron chi connectivity index (χ3n) is 5.42. The second kappa shape index (κ2) is 8.48. The number of rotatable bonds is 5. The Morgan fingerprint density at radius 3 is 2.35 bits per heavy atom. The summed E-state index contributed by atoms with van der Waals surface area (Å²) >= 11 is 0. The Hall–Kier alpha value is -3.86. The number of aromatic amines is 1. The highest BCUT2D eigenvalue weighted by Crippen LogP contribution is 2.23. The standard InChI is InChI=1S/C26H24N2O3/c1-17-7-11-22(12-8-17)28(26(30)19-9-13-23(31-3)14-10-19)16-21-15-20-6-4-5-18(2)24(20)27-25(21)29/h4-15H,16H2,1-3H3,(H,27,29). The van der Waals surface area contributed by atoms with E-state index in [0.717, 1.165) is 27.7 Å². The zero-order chi connectivity index (χ0) is 22.0. The van der Waals surface area contributed by atoms with Crippen molar-refractivity contribution < 1.29 is 9.53 Å². The molecule has 0 aliphatic heterocycles. The van der Waals surface area contributed by atoms with Crippen LogP contribution in [0.4, 0.5) is 5.69 Å². The molecule has 1 amide bonds. The van der Waals surface area contributed by atoms with E-state index in [1.165, 1.54) is 0 Å². The summed E-state index contributed by atoms with van der Waals surface area (Å²) in [5, 5.41) is 0.940. The van der Waals surface area contributed by atoms with Gasteiger partial charge >= 0.3 is 0 Å². The van der Waals surface area contributed by atoms with Crippen molar-refractivity contribution in [3.63, 3.8) is 0 Å². The lowest BCUT2D eigenvalue weighted by molar-refractivity contribution is 0.0985. The predicted molar refractivity (Wildman–Crippen MR) is 124 cm³/mol. The molecule has 0 aliphatic carbocycles. The van der Waals surface area contributed by atoms with Crippen LogP contribution in [0, 0.1) is 13.8 Å². The molecule has 4 rings (SSSR count). The van der Waals surface area contributed by atoms with Crippen LogP contribution < -0.4 is 15.2 Å². The van der Waals surface area contributed by atoms with Crippen LogP contribution in [0.25, 0.3) is 10.9 Å². The van der Waals surface area contributed by atoms with Crippen LogP contribution in [0.15, 0.2) is 77.6 Å². The third kappa shape index (κ3) is 4.21. The highest BCUT2D eigenvalue weighted by Gasteiger charge is 2.20. The van der Waals surface area contributed by atoms with E-state index < -0.39 is 0 Å². The number of benzene rings is 3. The van der Waals surface area contributed by atoms with E-state index in [1.807, 2.05) is 62.4 Å². The van der Waals surface area contributed by atoms with E-state index in [0.29, 0.717) is 16.9 Å². The van der Waals surface area contributed by atoms with Gasteiger partial charge in [-0.15, -0.1) is 0 Å². The van der Waals surface area contributed by atoms with Crippen LogP contribution in [-0.4, -0.2) is 18.0 Å². The number of methoxy groups -OCH3 is 1. The Labute approximate surface area is 180 Å². The van der Waals surface area contributed by atoms with Gasteiger partial charge in [0.25, 0.3) is 11.5 Å². The van der Waals surface area contributed by atoms with Crippen LogP contribution >= 0.6 is 0 Å². The minimum atomic E-state index is -0.193. The molecule has 0 unspecified atom stereocenters. The van der Waals surface area contributed by atoms with Gasteiger partial charge in [0.1, 0.15) is 5.75 Å². The number of nitrogens with zero attached hydrogens (tertiary/aromatic N) is 1. The summed E-state index contributed by atoms with van der Waals surface area (Å²) in [6.07, 6.45) is 0. The molecule has 156 valence electrons. The molecule has 4 aromatic rings. The van der Waals surface area contributed by atoms with E-state index in [4.69, 9.17) is 4.74 Å². The molecule has 0 fully saturated rings. The van der Waals surface area contributed by atoms with Crippen molar-refractivity contribution in [1.29, 1.82) is 0 Å². The largest absolute Gasteiger partial charge is 0.497 e. The summed E-state index contributed by atoms with van der Waals surface area (Å²) in [5.74, 6) is 0.495. The number of fused-ring (bicyclic) bond motifs is 1. The van der Waals surface area contributed by atoms with E-state index in [1.54, 1.807) is 36.3 Å². The molecule has 0 saturated heterocycles. The maximum absolute atomic E-state index is 13.4. The van der Waals surface area contributed by atoms with E-state index in [2.05, 4.69) is 4.98 Å². The number of H-pyrrole nitrogens is 1. The molecule has 3 aromatic carbocycles. The van der Waals surface area contributed by atoms with Gasteiger partial charge < -0.3 is 14.6 Å². The number of nitrogens with one attached hydrogen (secondary N) is 1. The summed E-state index contributed by atoms with van der Waals surface area (Å²) in [4.78, 5) is 30.9. The van der Waals surface area contributed by atoms with Crippen LogP contribution in [0.3, 0.4) is 0 Å². The number of para-hydroxylation sites is 1. The molecular weight excluding hydrogens is 388 g/mol. The molecule has 0 bridgehead atoms. The zero-order valence-corrected chi connectivity index (χ0v) is 17.8. The number of hydrogen-bond acceptors (Lipinski definition) is 3. The zero-order valence-electron chi connectivity index (χ0n) is 17.8. The summed E-state index contributed by atoms with van der Waals surface area (Å²) in [7, 11) is 1.59. The fourth-order valence-corrected chi connectivity index (χ4v) is 3.61. The van der Waals surface area contributed by atoms with Gasteiger partial charge in [-0.1, -0.05) is 35.9 Å². The smallest absolute Gasteiger partial charge is 0.258 e. The average Bonchev–Trinajstić information content (AvgIpc) is 2.79. The second-order valence-electron chi connectivity index (χ2n) is 7.62. The molecule has 1 aromatic heterocycles. The Balaban J connectivity index is 1.76. The van der Waals surface area contributed by atoms with Crippen LogP contribution in [-0.2, 0) is 6.54 Å². The van der Waals surface area contributed by atoms with Gasteiger partial charge in [-0.25, -0.2) is 0 Å². The number of hydrogen-bond donors (Lipinski definition) is 1. The molecular formula is C26H24N2O3. The van der Waals surface area contributed by atoms with E-state index >= 15 is 0 Å². The Morgan fingerprint density at radius 2 is 1.68 bits per heavy atom. The van der Waals surface area contributed by atoms with Crippen LogP contribution in [0.1, 0.15) is 27.0 Å². The maximum Gasteiger partial charge on any atom is 0.258 e. The molecule has 0 aliphatic rings. The highest BCUT2D eigenvalue weighted by molar-refractivity contribution is 6.06. The lowest BCUT2D eigenvalue weighted by Gasteiger charge is -2.23. The molecule has 1 N–H and O–H groups in total. The number of amides is 1. The quantitative estimate of drug-likeness (QED) is 0.502. The molecule has 0 radical (unpaired) electrons. The van der Waals surface area contributed by atoms with Gasteiger partial charge in [-0.2, -0.15) is 0 Å². The Morgan fingerprint density at radius 1 is 0.968 bits per heavy atom. The van der Waals surface area contributed by atoms with Crippen molar-refractivity contribution >= 4 is 22.5 Å². The number of aryl methyl sites for hydroxylation is 2. The fourth-order valence-electron chi connectivity index (χ4n) is 3.61. The van der Waals surface area contributed by atoms with Crippen molar-refractivity contribution in [1.82, 2.24) is 4.98 Å². The topological polar surface area (TPSA) is 62.4 Å². The minimum Gasteiger partial charge on any atom is -0.497 e. The van der Waals surface area contributed by atoms with Crippen molar-refractivity contribution in [2.75, 3.05) is 12.0 Å². The molecule has 0 atom stereocenters. The number of aromatic nitrogens is 1. The monoisotopic (exact) mass is 412 g/mol. The first kappa shape index (κ1) is 20.4. The van der Waals surface area contributed by atoms with Crippen molar-refractivity contribution in [2.45, 2.75) is 20.4 Å². The van der Waals surface area contributed by atoms with E-state index in [9.17, 15) is 9.59 Å². The van der Waals surface area contributed by atoms with Gasteiger partial charge in [0.05, 0.1) is 19.2 Å². The molecule has 0 spiro atoms. The van der Waals surface area contributed by atoms with Crippen molar-refractivity contribution in [3.8, 4) is 5.75 Å². The molecule has 0 saturated carbocycles. The van der Waals surface area contributed by atoms with Crippen molar-refractivity contribution in [3.05, 3.63) is 105 Å². The Kier molecular flexibility index (Phi) is 5.58. The minimum absolute atomic E-state index is 0.160. The molecule has 5 nitrogen and oxygen atoms in total. The lowest BCUT2D eigenvalue weighted by atomic mass is 10.1. The predicted octanol–water partition coefficient (Wildman–Crippen LogP) is 5.00. The summed E-state index contributed by atoms with van der Waals surface area (Å²) < 4.78 is 5.20. The van der Waals surface area contributed by atoms with Gasteiger partial charge in [0, 0.05) is 16.8 Å².